The molecule has 0 saturated carbocycles. The lowest BCUT2D eigenvalue weighted by molar-refractivity contribution is 0.235. The molecule has 0 amide bonds. The van der Waals surface area contributed by atoms with Crippen LogP contribution in [0.5, 0.6) is 0 Å². The summed E-state index contributed by atoms with van der Waals surface area (Å²) in [4.78, 5) is 0. The molecule has 3 heteroatoms. The Balaban J connectivity index is 2.13. The van der Waals surface area contributed by atoms with Crippen molar-refractivity contribution in [2.75, 3.05) is 6.61 Å². The van der Waals surface area contributed by atoms with Crippen molar-refractivity contribution in [3.8, 4) is 0 Å². The maximum Gasteiger partial charge on any atom is 0.126 e. The molecule has 0 heterocycles. The summed E-state index contributed by atoms with van der Waals surface area (Å²) in [5.41, 5.74) is 2.54. The van der Waals surface area contributed by atoms with Gasteiger partial charge in [0.15, 0.2) is 0 Å². The molecule has 0 saturated heterocycles. The van der Waals surface area contributed by atoms with Crippen molar-refractivity contribution in [1.29, 1.82) is 0 Å². The van der Waals surface area contributed by atoms with E-state index in [1.54, 1.807) is 19.1 Å². The summed E-state index contributed by atoms with van der Waals surface area (Å²) in [6.07, 6.45) is 0. The second kappa shape index (κ2) is 6.64. The lowest BCUT2D eigenvalue weighted by atomic mass is 10.0. The van der Waals surface area contributed by atoms with Crippen LogP contribution in [0.2, 0.25) is 0 Å². The summed E-state index contributed by atoms with van der Waals surface area (Å²) in [6.45, 7) is 3.72. The first-order chi connectivity index (χ1) is 9.61. The second-order valence-electron chi connectivity index (χ2n) is 5.04. The van der Waals surface area contributed by atoms with Crippen molar-refractivity contribution in [3.63, 3.8) is 0 Å². The number of aryl methyl sites for hydroxylation is 1. The van der Waals surface area contributed by atoms with Gasteiger partial charge in [0.2, 0.25) is 0 Å². The van der Waals surface area contributed by atoms with Crippen molar-refractivity contribution >= 4 is 0 Å². The summed E-state index contributed by atoms with van der Waals surface area (Å²) in [6, 6.07) is 14.8. The largest absolute Gasteiger partial charge is 0.394 e. The molecule has 106 valence electrons. The highest BCUT2D eigenvalue weighted by Crippen LogP contribution is 2.21. The van der Waals surface area contributed by atoms with Crippen LogP contribution in [-0.2, 0) is 0 Å². The molecule has 2 atom stereocenters. The topological polar surface area (TPSA) is 32.3 Å². The number of nitrogens with one attached hydrogen (secondary N) is 1. The molecule has 2 aromatic carbocycles. The maximum atomic E-state index is 13.6. The minimum absolute atomic E-state index is 0.00268. The zero-order valence-electron chi connectivity index (χ0n) is 11.8. The minimum Gasteiger partial charge on any atom is -0.394 e. The molecule has 0 aromatic heterocycles. The molecule has 0 fully saturated rings. The van der Waals surface area contributed by atoms with Crippen LogP contribution in [0.1, 0.15) is 35.7 Å². The van der Waals surface area contributed by atoms with Gasteiger partial charge in [-0.05, 0) is 36.6 Å². The molecule has 0 bridgehead atoms. The average molecular weight is 273 g/mol. The van der Waals surface area contributed by atoms with Gasteiger partial charge in [0.1, 0.15) is 5.82 Å². The molecule has 0 aliphatic heterocycles. The molecule has 2 rings (SSSR count). The van der Waals surface area contributed by atoms with Crippen molar-refractivity contribution < 1.29 is 9.50 Å². The number of hydrogen-bond acceptors (Lipinski definition) is 2. The van der Waals surface area contributed by atoms with Gasteiger partial charge in [0.05, 0.1) is 12.6 Å². The molecule has 2 nitrogen and oxygen atoms in total. The maximum absolute atomic E-state index is 13.6. The fourth-order valence-corrected chi connectivity index (χ4v) is 2.22. The predicted octanol–water partition coefficient (Wildman–Crippen LogP) is 3.52. The van der Waals surface area contributed by atoms with Crippen molar-refractivity contribution in [2.24, 2.45) is 0 Å². The van der Waals surface area contributed by atoms with E-state index in [0.717, 1.165) is 11.1 Å². The van der Waals surface area contributed by atoms with Gasteiger partial charge < -0.3 is 10.4 Å². The smallest absolute Gasteiger partial charge is 0.126 e. The van der Waals surface area contributed by atoms with Gasteiger partial charge >= 0.3 is 0 Å². The monoisotopic (exact) mass is 273 g/mol. The Morgan fingerprint density at radius 3 is 2.40 bits per heavy atom. The number of hydrogen-bond donors (Lipinski definition) is 2. The van der Waals surface area contributed by atoms with E-state index in [2.05, 4.69) is 5.32 Å². The standard InChI is InChI=1S/C17H20FNO/c1-12-8-9-15(10-16(12)18)13(2)19-17(11-20)14-6-4-3-5-7-14/h3-10,13,17,19-20H,11H2,1-2H3/t13?,17-/m1/s1. The summed E-state index contributed by atoms with van der Waals surface area (Å²) in [5, 5.41) is 12.9. The van der Waals surface area contributed by atoms with E-state index >= 15 is 0 Å². The van der Waals surface area contributed by atoms with Crippen LogP contribution in [0.15, 0.2) is 48.5 Å². The Morgan fingerprint density at radius 2 is 1.80 bits per heavy atom. The second-order valence-corrected chi connectivity index (χ2v) is 5.04. The van der Waals surface area contributed by atoms with Gasteiger partial charge in [-0.1, -0.05) is 42.5 Å². The third-order valence-corrected chi connectivity index (χ3v) is 3.53. The highest BCUT2D eigenvalue weighted by atomic mass is 19.1. The van der Waals surface area contributed by atoms with Gasteiger partial charge in [-0.3, -0.25) is 0 Å². The Hall–Kier alpha value is -1.71. The van der Waals surface area contributed by atoms with Gasteiger partial charge in [-0.2, -0.15) is 0 Å². The van der Waals surface area contributed by atoms with Crippen LogP contribution in [0.25, 0.3) is 0 Å². The molecular formula is C17H20FNO. The Morgan fingerprint density at radius 1 is 1.10 bits per heavy atom. The Labute approximate surface area is 119 Å². The van der Waals surface area contributed by atoms with E-state index in [1.807, 2.05) is 43.3 Å². The molecule has 0 radical (unpaired) electrons. The van der Waals surface area contributed by atoms with Crippen LogP contribution in [0.4, 0.5) is 4.39 Å². The van der Waals surface area contributed by atoms with Gasteiger partial charge in [-0.15, -0.1) is 0 Å². The van der Waals surface area contributed by atoms with Gasteiger partial charge in [0.25, 0.3) is 0 Å². The van der Waals surface area contributed by atoms with E-state index in [4.69, 9.17) is 0 Å². The number of halogens is 1. The third-order valence-electron chi connectivity index (χ3n) is 3.53. The SMILES string of the molecule is Cc1ccc(C(C)N[C@H](CO)c2ccccc2)cc1F. The van der Waals surface area contributed by atoms with Crippen LogP contribution in [0.3, 0.4) is 0 Å². The average Bonchev–Trinajstić information content (AvgIpc) is 2.48. The zero-order valence-corrected chi connectivity index (χ0v) is 11.8. The van der Waals surface area contributed by atoms with E-state index in [-0.39, 0.29) is 24.5 Å². The number of rotatable bonds is 5. The molecule has 0 aliphatic carbocycles. The summed E-state index contributed by atoms with van der Waals surface area (Å²) >= 11 is 0. The highest BCUT2D eigenvalue weighted by molar-refractivity contribution is 5.26. The lowest BCUT2D eigenvalue weighted by Gasteiger charge is -2.22. The van der Waals surface area contributed by atoms with E-state index in [0.29, 0.717) is 5.56 Å². The van der Waals surface area contributed by atoms with Crippen LogP contribution in [0, 0.1) is 12.7 Å². The lowest BCUT2D eigenvalue weighted by Crippen LogP contribution is -2.27. The summed E-state index contributed by atoms with van der Waals surface area (Å²) in [7, 11) is 0. The van der Waals surface area contributed by atoms with Gasteiger partial charge in [-0.25, -0.2) is 4.39 Å². The fraction of sp³-hybridized carbons (Fsp3) is 0.294. The number of aliphatic hydroxyl groups is 1. The van der Waals surface area contributed by atoms with E-state index in [9.17, 15) is 9.50 Å². The first-order valence-electron chi connectivity index (χ1n) is 6.79. The Kier molecular flexibility index (Phi) is 4.88. The van der Waals surface area contributed by atoms with E-state index in [1.165, 1.54) is 0 Å². The zero-order chi connectivity index (χ0) is 14.5. The minimum atomic E-state index is -0.198. The van der Waals surface area contributed by atoms with Gasteiger partial charge in [0, 0.05) is 6.04 Å². The molecule has 0 aliphatic rings. The Bertz CT molecular complexity index is 556. The number of benzene rings is 2. The molecule has 2 N–H and O–H groups in total. The molecule has 2 aromatic rings. The normalized spacial score (nSPS) is 14.0. The quantitative estimate of drug-likeness (QED) is 0.873. The van der Waals surface area contributed by atoms with Crippen LogP contribution >= 0.6 is 0 Å². The summed E-state index contributed by atoms with van der Waals surface area (Å²) in [5.74, 6) is -0.198. The number of aliphatic hydroxyl groups excluding tert-OH is 1. The summed E-state index contributed by atoms with van der Waals surface area (Å²) < 4.78 is 13.6. The molecule has 20 heavy (non-hydrogen) atoms. The first-order valence-corrected chi connectivity index (χ1v) is 6.79. The molecule has 1 unspecified atom stereocenters. The third kappa shape index (κ3) is 3.44. The molecular weight excluding hydrogens is 253 g/mol. The van der Waals surface area contributed by atoms with Crippen molar-refractivity contribution in [3.05, 3.63) is 71.0 Å². The fourth-order valence-electron chi connectivity index (χ4n) is 2.22. The van der Waals surface area contributed by atoms with Crippen molar-refractivity contribution in [2.45, 2.75) is 25.9 Å². The first kappa shape index (κ1) is 14.7. The van der Waals surface area contributed by atoms with Crippen molar-refractivity contribution in [1.82, 2.24) is 5.32 Å². The van der Waals surface area contributed by atoms with Crippen LogP contribution < -0.4 is 5.32 Å². The van der Waals surface area contributed by atoms with Crippen LogP contribution in [-0.4, -0.2) is 11.7 Å². The molecule has 0 spiro atoms. The van der Waals surface area contributed by atoms with E-state index < -0.39 is 0 Å². The highest BCUT2D eigenvalue weighted by Gasteiger charge is 2.15. The predicted molar refractivity (Wildman–Crippen MR) is 79.0 cm³/mol.